The van der Waals surface area contributed by atoms with Gasteiger partial charge >= 0.3 is 0 Å². The van der Waals surface area contributed by atoms with E-state index in [0.717, 1.165) is 37.7 Å². The van der Waals surface area contributed by atoms with Gasteiger partial charge in [-0.25, -0.2) is 9.97 Å². The molecule has 0 fully saturated rings. The summed E-state index contributed by atoms with van der Waals surface area (Å²) in [6.07, 6.45) is 0. The Morgan fingerprint density at radius 1 is 0.906 bits per heavy atom. The molecule has 1 amide bonds. The molecule has 0 N–H and O–H groups in total. The fourth-order valence-corrected chi connectivity index (χ4v) is 5.74. The molecule has 0 saturated carbocycles. The molecule has 2 aromatic heterocycles. The van der Waals surface area contributed by atoms with Crippen molar-refractivity contribution in [2.45, 2.75) is 21.9 Å². The van der Waals surface area contributed by atoms with Crippen LogP contribution in [0.25, 0.3) is 16.6 Å². The van der Waals surface area contributed by atoms with E-state index in [1.54, 1.807) is 16.3 Å². The highest BCUT2D eigenvalue weighted by atomic mass is 32.2. The molecular formula is C24H17N5OS2. The number of carbonyl (C=O) groups excluding carboxylic acids is 1. The molecule has 32 heavy (non-hydrogen) atoms. The van der Waals surface area contributed by atoms with Gasteiger partial charge in [0.1, 0.15) is 5.82 Å². The number of amides is 1. The van der Waals surface area contributed by atoms with E-state index in [0.29, 0.717) is 11.0 Å². The number of hydrogen-bond donors (Lipinski definition) is 0. The van der Waals surface area contributed by atoms with E-state index in [1.165, 1.54) is 11.8 Å². The predicted octanol–water partition coefficient (Wildman–Crippen LogP) is 5.51. The maximum Gasteiger partial charge on any atom is 0.242 e. The summed E-state index contributed by atoms with van der Waals surface area (Å²) < 4.78 is 1.74. The minimum atomic E-state index is -0.00449. The Hall–Kier alpha value is -3.36. The topological polar surface area (TPSA) is 63.4 Å². The molecular weight excluding hydrogens is 438 g/mol. The zero-order valence-electron chi connectivity index (χ0n) is 17.1. The van der Waals surface area contributed by atoms with E-state index in [9.17, 15) is 4.79 Å². The molecule has 156 valence electrons. The summed E-state index contributed by atoms with van der Waals surface area (Å²) in [6.45, 7) is 1.86. The van der Waals surface area contributed by atoms with Gasteiger partial charge in [0.25, 0.3) is 0 Å². The van der Waals surface area contributed by atoms with Gasteiger partial charge < -0.3 is 0 Å². The lowest BCUT2D eigenvalue weighted by Crippen LogP contribution is -2.30. The molecule has 0 atom stereocenters. The van der Waals surface area contributed by atoms with Crippen LogP contribution in [0, 0.1) is 6.92 Å². The number of aryl methyl sites for hydroxylation is 1. The number of nitrogens with zero attached hydrogens (tertiary/aromatic N) is 5. The summed E-state index contributed by atoms with van der Waals surface area (Å²) in [7, 11) is 0. The molecule has 6 rings (SSSR count). The second-order valence-electron chi connectivity index (χ2n) is 7.36. The molecule has 5 aromatic rings. The third kappa shape index (κ3) is 3.14. The molecule has 6 nitrogen and oxygen atoms in total. The average molecular weight is 456 g/mol. The standard InChI is InChI=1S/C24H17N5OS2/c1-15-25-23-16-8-2-3-9-17(16)26-24(29(23)27-15)31-14-22(30)28-18-10-4-6-12-20(18)32-21-13-7-5-11-19(21)28/h2-13H,14H2,1H3. The number of anilines is 2. The number of carbonyl (C=O) groups is 1. The van der Waals surface area contributed by atoms with Crippen LogP contribution in [-0.4, -0.2) is 31.2 Å². The van der Waals surface area contributed by atoms with Gasteiger partial charge in [0.15, 0.2) is 10.8 Å². The molecule has 0 bridgehead atoms. The van der Waals surface area contributed by atoms with Crippen molar-refractivity contribution in [1.29, 1.82) is 0 Å². The molecule has 0 radical (unpaired) electrons. The normalized spacial score (nSPS) is 12.7. The van der Waals surface area contributed by atoms with Crippen LogP contribution in [0.2, 0.25) is 0 Å². The van der Waals surface area contributed by atoms with Crippen LogP contribution in [0.1, 0.15) is 5.82 Å². The summed E-state index contributed by atoms with van der Waals surface area (Å²) in [6, 6.07) is 23.9. The summed E-state index contributed by atoms with van der Waals surface area (Å²) in [5, 5.41) is 6.12. The Morgan fingerprint density at radius 3 is 2.31 bits per heavy atom. The molecule has 0 aliphatic carbocycles. The molecule has 1 aliphatic heterocycles. The number of para-hydroxylation sites is 3. The van der Waals surface area contributed by atoms with Crippen molar-refractivity contribution < 1.29 is 4.79 Å². The number of aromatic nitrogens is 4. The first-order valence-corrected chi connectivity index (χ1v) is 11.9. The highest BCUT2D eigenvalue weighted by molar-refractivity contribution is 8.00. The zero-order valence-corrected chi connectivity index (χ0v) is 18.7. The Labute approximate surface area is 192 Å². The fraction of sp³-hybridized carbons (Fsp3) is 0.0833. The molecule has 0 saturated heterocycles. The second-order valence-corrected chi connectivity index (χ2v) is 9.39. The number of rotatable bonds is 3. The van der Waals surface area contributed by atoms with Gasteiger partial charge in [-0.1, -0.05) is 59.9 Å². The van der Waals surface area contributed by atoms with Crippen molar-refractivity contribution >= 4 is 57.4 Å². The van der Waals surface area contributed by atoms with Crippen molar-refractivity contribution in [2.24, 2.45) is 0 Å². The number of benzene rings is 3. The maximum atomic E-state index is 13.5. The van der Waals surface area contributed by atoms with Crippen molar-refractivity contribution in [3.63, 3.8) is 0 Å². The van der Waals surface area contributed by atoms with Crippen LogP contribution in [0.3, 0.4) is 0 Å². The van der Waals surface area contributed by atoms with E-state index in [2.05, 4.69) is 22.2 Å². The highest BCUT2D eigenvalue weighted by Gasteiger charge is 2.28. The van der Waals surface area contributed by atoms with Crippen LogP contribution in [0.4, 0.5) is 11.4 Å². The van der Waals surface area contributed by atoms with Gasteiger partial charge in [0.2, 0.25) is 5.91 Å². The van der Waals surface area contributed by atoms with Crippen LogP contribution >= 0.6 is 23.5 Å². The molecule has 0 spiro atoms. The molecule has 0 unspecified atom stereocenters. The van der Waals surface area contributed by atoms with Crippen molar-refractivity contribution in [3.8, 4) is 0 Å². The van der Waals surface area contributed by atoms with Gasteiger partial charge in [-0.05, 0) is 43.3 Å². The van der Waals surface area contributed by atoms with Gasteiger partial charge in [0.05, 0.1) is 22.6 Å². The first-order valence-electron chi connectivity index (χ1n) is 10.1. The Kier molecular flexibility index (Phi) is 4.62. The second kappa shape index (κ2) is 7.65. The molecule has 3 heterocycles. The third-order valence-electron chi connectivity index (χ3n) is 5.26. The number of thioether (sulfide) groups is 1. The number of hydrogen-bond acceptors (Lipinski definition) is 6. The predicted molar refractivity (Wildman–Crippen MR) is 128 cm³/mol. The smallest absolute Gasteiger partial charge is 0.242 e. The van der Waals surface area contributed by atoms with Crippen LogP contribution in [0.15, 0.2) is 87.7 Å². The first kappa shape index (κ1) is 19.3. The van der Waals surface area contributed by atoms with Gasteiger partial charge in [0, 0.05) is 15.2 Å². The minimum absolute atomic E-state index is 0.00449. The first-order chi connectivity index (χ1) is 15.7. The van der Waals surface area contributed by atoms with Crippen molar-refractivity contribution in [1.82, 2.24) is 19.6 Å². The van der Waals surface area contributed by atoms with E-state index in [1.807, 2.05) is 72.5 Å². The van der Waals surface area contributed by atoms with E-state index in [4.69, 9.17) is 4.98 Å². The minimum Gasteiger partial charge on any atom is -0.278 e. The van der Waals surface area contributed by atoms with Gasteiger partial charge in [-0.3, -0.25) is 9.69 Å². The summed E-state index contributed by atoms with van der Waals surface area (Å²) in [4.78, 5) is 26.8. The summed E-state index contributed by atoms with van der Waals surface area (Å²) >= 11 is 3.07. The zero-order chi connectivity index (χ0) is 21.7. The lowest BCUT2D eigenvalue weighted by atomic mass is 10.2. The van der Waals surface area contributed by atoms with Crippen LogP contribution in [-0.2, 0) is 4.79 Å². The SMILES string of the molecule is Cc1nc2c3ccccc3nc(SCC(=O)N3c4ccccc4Sc4ccccc43)n2n1. The Bertz CT molecular complexity index is 1470. The number of fused-ring (bicyclic) bond motifs is 5. The van der Waals surface area contributed by atoms with Crippen LogP contribution in [0.5, 0.6) is 0 Å². The van der Waals surface area contributed by atoms with Crippen molar-refractivity contribution in [2.75, 3.05) is 10.7 Å². The summed E-state index contributed by atoms with van der Waals surface area (Å²) in [5.41, 5.74) is 3.42. The Balaban J connectivity index is 1.37. The maximum absolute atomic E-state index is 13.5. The van der Waals surface area contributed by atoms with Crippen molar-refractivity contribution in [3.05, 3.63) is 78.6 Å². The molecule has 3 aromatic carbocycles. The largest absolute Gasteiger partial charge is 0.278 e. The molecule has 1 aliphatic rings. The molecule has 8 heteroatoms. The highest BCUT2D eigenvalue weighted by Crippen LogP contribution is 2.48. The monoisotopic (exact) mass is 455 g/mol. The van der Waals surface area contributed by atoms with Crippen LogP contribution < -0.4 is 4.90 Å². The third-order valence-corrected chi connectivity index (χ3v) is 7.31. The average Bonchev–Trinajstić information content (AvgIpc) is 3.22. The van der Waals surface area contributed by atoms with Gasteiger partial charge in [-0.2, -0.15) is 4.52 Å². The van der Waals surface area contributed by atoms with E-state index in [-0.39, 0.29) is 11.7 Å². The van der Waals surface area contributed by atoms with E-state index < -0.39 is 0 Å². The lowest BCUT2D eigenvalue weighted by molar-refractivity contribution is -0.115. The summed E-state index contributed by atoms with van der Waals surface area (Å²) in [5.74, 6) is 0.898. The fourth-order valence-electron chi connectivity index (χ4n) is 3.89. The van der Waals surface area contributed by atoms with Gasteiger partial charge in [-0.15, -0.1) is 5.10 Å². The Morgan fingerprint density at radius 2 is 1.56 bits per heavy atom. The van der Waals surface area contributed by atoms with E-state index >= 15 is 0 Å². The quantitative estimate of drug-likeness (QED) is 0.264. The lowest BCUT2D eigenvalue weighted by Gasteiger charge is -2.30.